The molecule has 0 aliphatic heterocycles. The van der Waals surface area contributed by atoms with Gasteiger partial charge in [-0.15, -0.1) is 11.3 Å². The molecule has 0 unspecified atom stereocenters. The Labute approximate surface area is 186 Å². The van der Waals surface area contributed by atoms with E-state index < -0.39 is 11.8 Å². The highest BCUT2D eigenvalue weighted by Gasteiger charge is 2.21. The van der Waals surface area contributed by atoms with Gasteiger partial charge in [0.1, 0.15) is 0 Å². The van der Waals surface area contributed by atoms with Gasteiger partial charge >= 0.3 is 0 Å². The molecule has 30 heavy (non-hydrogen) atoms. The number of para-hydroxylation sites is 2. The van der Waals surface area contributed by atoms with E-state index in [1.165, 1.54) is 23.3 Å². The van der Waals surface area contributed by atoms with Crippen LogP contribution in [-0.2, 0) is 4.79 Å². The summed E-state index contributed by atoms with van der Waals surface area (Å²) in [5, 5.41) is 3.94. The fourth-order valence-electron chi connectivity index (χ4n) is 2.82. The summed E-state index contributed by atoms with van der Waals surface area (Å²) in [6, 6.07) is 15.9. The number of furan rings is 1. The molecule has 0 aliphatic carbocycles. The maximum Gasteiger partial charge on any atom is 0.289 e. The van der Waals surface area contributed by atoms with Crippen LogP contribution in [0.4, 0.5) is 5.69 Å². The van der Waals surface area contributed by atoms with Crippen molar-refractivity contribution < 1.29 is 14.0 Å². The van der Waals surface area contributed by atoms with E-state index in [1.807, 2.05) is 24.3 Å². The van der Waals surface area contributed by atoms with Crippen molar-refractivity contribution in [1.82, 2.24) is 9.88 Å². The average Bonchev–Trinajstić information content (AvgIpc) is 3.37. The number of likely N-dealkylation sites (N-methyl/N-ethyl adjacent to an activating group) is 1. The molecule has 0 bridgehead atoms. The minimum atomic E-state index is -0.432. The number of carbonyl (C=O) groups excluding carboxylic acids is 2. The van der Waals surface area contributed by atoms with Crippen molar-refractivity contribution in [3.63, 3.8) is 0 Å². The predicted molar refractivity (Wildman–Crippen MR) is 119 cm³/mol. The second-order valence-electron chi connectivity index (χ2n) is 6.46. The van der Waals surface area contributed by atoms with Crippen LogP contribution in [0.3, 0.4) is 0 Å². The minimum absolute atomic E-state index is 0.121. The van der Waals surface area contributed by atoms with Crippen LogP contribution < -0.4 is 5.32 Å². The first-order valence-electron chi connectivity index (χ1n) is 8.87. The molecule has 9 heteroatoms. The smallest absolute Gasteiger partial charge is 0.289 e. The lowest BCUT2D eigenvalue weighted by molar-refractivity contribution is -0.116. The third-order valence-electron chi connectivity index (χ3n) is 4.28. The number of amides is 2. The molecule has 0 spiro atoms. The van der Waals surface area contributed by atoms with Gasteiger partial charge in [0.2, 0.25) is 5.91 Å². The third-order valence-corrected chi connectivity index (χ3v) is 5.96. The molecule has 0 fully saturated rings. The number of hydrogen-bond acceptors (Lipinski definition) is 5. The number of aromatic nitrogens is 1. The van der Waals surface area contributed by atoms with E-state index in [-0.39, 0.29) is 12.3 Å². The van der Waals surface area contributed by atoms with Gasteiger partial charge in [-0.05, 0) is 36.4 Å². The molecule has 6 nitrogen and oxygen atoms in total. The zero-order chi connectivity index (χ0) is 21.3. The van der Waals surface area contributed by atoms with Crippen LogP contribution in [-0.4, -0.2) is 35.3 Å². The highest BCUT2D eigenvalue weighted by molar-refractivity contribution is 7.21. The molecule has 2 amide bonds. The Morgan fingerprint density at radius 1 is 1.07 bits per heavy atom. The lowest BCUT2D eigenvalue weighted by Crippen LogP contribution is -2.34. The minimum Gasteiger partial charge on any atom is -0.448 e. The summed E-state index contributed by atoms with van der Waals surface area (Å²) in [6.45, 7) is -0.197. The van der Waals surface area contributed by atoms with E-state index in [0.29, 0.717) is 26.5 Å². The molecule has 0 saturated heterocycles. The van der Waals surface area contributed by atoms with Gasteiger partial charge in [-0.2, -0.15) is 0 Å². The van der Waals surface area contributed by atoms with E-state index >= 15 is 0 Å². The second-order valence-corrected chi connectivity index (χ2v) is 8.30. The molecule has 2 aromatic heterocycles. The van der Waals surface area contributed by atoms with Crippen LogP contribution in [0.5, 0.6) is 0 Å². The zero-order valence-electron chi connectivity index (χ0n) is 15.7. The van der Waals surface area contributed by atoms with Gasteiger partial charge in [0, 0.05) is 7.05 Å². The zero-order valence-corrected chi connectivity index (χ0v) is 18.0. The molecular weight excluding hydrogens is 445 g/mol. The predicted octanol–water partition coefficient (Wildman–Crippen LogP) is 5.57. The SMILES string of the molecule is CN(CC(=O)Nc1c(Cl)cccc1Cl)C(=O)c1ccc(-c2nc3ccccc3s2)o1. The first kappa shape index (κ1) is 20.4. The Morgan fingerprint density at radius 3 is 2.53 bits per heavy atom. The molecule has 0 aliphatic rings. The Balaban J connectivity index is 1.45. The number of anilines is 1. The van der Waals surface area contributed by atoms with Crippen LogP contribution in [0.15, 0.2) is 59.0 Å². The van der Waals surface area contributed by atoms with Gasteiger partial charge in [0.15, 0.2) is 16.5 Å². The van der Waals surface area contributed by atoms with Gasteiger partial charge < -0.3 is 14.6 Å². The summed E-state index contributed by atoms with van der Waals surface area (Å²) < 4.78 is 6.73. The first-order valence-corrected chi connectivity index (χ1v) is 10.4. The molecule has 0 saturated carbocycles. The van der Waals surface area contributed by atoms with Crippen LogP contribution >= 0.6 is 34.5 Å². The first-order chi connectivity index (χ1) is 14.4. The van der Waals surface area contributed by atoms with Crippen molar-refractivity contribution >= 4 is 62.3 Å². The molecule has 4 aromatic rings. The number of halogens is 2. The number of benzene rings is 2. The molecular formula is C21H15Cl2N3O3S. The maximum absolute atomic E-state index is 12.7. The highest BCUT2D eigenvalue weighted by Crippen LogP contribution is 2.32. The Hall–Kier alpha value is -2.87. The van der Waals surface area contributed by atoms with Gasteiger partial charge in [0.25, 0.3) is 5.91 Å². The summed E-state index contributed by atoms with van der Waals surface area (Å²) in [6.07, 6.45) is 0. The van der Waals surface area contributed by atoms with E-state index in [4.69, 9.17) is 27.6 Å². The fraction of sp³-hybridized carbons (Fsp3) is 0.0952. The number of thiazole rings is 1. The van der Waals surface area contributed by atoms with E-state index in [9.17, 15) is 9.59 Å². The number of rotatable bonds is 5. The Morgan fingerprint density at radius 2 is 1.80 bits per heavy atom. The molecule has 2 heterocycles. The number of fused-ring (bicyclic) bond motifs is 1. The highest BCUT2D eigenvalue weighted by atomic mass is 35.5. The standard InChI is InChI=1S/C21H15Cl2N3O3S/c1-26(11-18(27)25-19-12(22)5-4-6-13(19)23)21(28)16-10-9-15(29-16)20-24-14-7-2-3-8-17(14)30-20/h2-10H,11H2,1H3,(H,25,27). The quantitative estimate of drug-likeness (QED) is 0.422. The number of nitrogens with one attached hydrogen (secondary N) is 1. The van der Waals surface area contributed by atoms with Crippen molar-refractivity contribution in [3.05, 3.63) is 70.4 Å². The third kappa shape index (κ3) is 4.18. The summed E-state index contributed by atoms with van der Waals surface area (Å²) in [5.41, 5.74) is 1.18. The molecule has 152 valence electrons. The van der Waals surface area contributed by atoms with Crippen LogP contribution in [0.2, 0.25) is 10.0 Å². The number of hydrogen-bond donors (Lipinski definition) is 1. The van der Waals surface area contributed by atoms with Crippen molar-refractivity contribution in [3.8, 4) is 10.8 Å². The number of nitrogens with zero attached hydrogens (tertiary/aromatic N) is 2. The Bertz CT molecular complexity index is 1200. The monoisotopic (exact) mass is 459 g/mol. The molecule has 2 aromatic carbocycles. The summed E-state index contributed by atoms with van der Waals surface area (Å²) in [5.74, 6) is -0.239. The molecule has 0 atom stereocenters. The van der Waals surface area contributed by atoms with Gasteiger partial charge in [-0.3, -0.25) is 9.59 Å². The lowest BCUT2D eigenvalue weighted by Gasteiger charge is -2.16. The van der Waals surface area contributed by atoms with Crippen molar-refractivity contribution in [1.29, 1.82) is 0 Å². The van der Waals surface area contributed by atoms with Crippen molar-refractivity contribution in [2.24, 2.45) is 0 Å². The largest absolute Gasteiger partial charge is 0.448 e. The van der Waals surface area contributed by atoms with Crippen molar-refractivity contribution in [2.45, 2.75) is 0 Å². The van der Waals surface area contributed by atoms with Gasteiger partial charge in [-0.1, -0.05) is 41.4 Å². The summed E-state index contributed by atoms with van der Waals surface area (Å²) in [7, 11) is 1.51. The number of carbonyl (C=O) groups is 2. The Kier molecular flexibility index (Phi) is 5.76. The fourth-order valence-corrected chi connectivity index (χ4v) is 4.24. The van der Waals surface area contributed by atoms with Crippen LogP contribution in [0, 0.1) is 0 Å². The van der Waals surface area contributed by atoms with Gasteiger partial charge in [-0.25, -0.2) is 4.98 Å². The molecule has 0 radical (unpaired) electrons. The molecule has 4 rings (SSSR count). The second kappa shape index (κ2) is 8.47. The van der Waals surface area contributed by atoms with Gasteiger partial charge in [0.05, 0.1) is 32.5 Å². The summed E-state index contributed by atoms with van der Waals surface area (Å²) >= 11 is 13.6. The maximum atomic E-state index is 12.7. The topological polar surface area (TPSA) is 75.4 Å². The van der Waals surface area contributed by atoms with Crippen molar-refractivity contribution in [2.75, 3.05) is 18.9 Å². The average molecular weight is 460 g/mol. The van der Waals surface area contributed by atoms with E-state index in [2.05, 4.69) is 10.3 Å². The van der Waals surface area contributed by atoms with Crippen LogP contribution in [0.1, 0.15) is 10.6 Å². The lowest BCUT2D eigenvalue weighted by atomic mass is 10.3. The van der Waals surface area contributed by atoms with Crippen LogP contribution in [0.25, 0.3) is 21.0 Å². The molecule has 1 N–H and O–H groups in total. The van der Waals surface area contributed by atoms with E-state index in [1.54, 1.807) is 30.3 Å². The van der Waals surface area contributed by atoms with E-state index in [0.717, 1.165) is 10.2 Å². The normalized spacial score (nSPS) is 10.9. The summed E-state index contributed by atoms with van der Waals surface area (Å²) in [4.78, 5) is 30.8.